The zero-order valence-electron chi connectivity index (χ0n) is 24.5. The van der Waals surface area contributed by atoms with E-state index >= 15 is 0 Å². The van der Waals surface area contributed by atoms with Crippen molar-refractivity contribution in [1.82, 2.24) is 14.9 Å². The van der Waals surface area contributed by atoms with Gasteiger partial charge in [-0.1, -0.05) is 30.2 Å². The minimum absolute atomic E-state index is 0.316. The number of nitrogens with zero attached hydrogens (tertiary/aromatic N) is 4. The van der Waals surface area contributed by atoms with Gasteiger partial charge in [0.1, 0.15) is 18.1 Å². The van der Waals surface area contributed by atoms with Crippen LogP contribution in [-0.4, -0.2) is 71.1 Å². The highest BCUT2D eigenvalue weighted by Gasteiger charge is 2.29. The summed E-state index contributed by atoms with van der Waals surface area (Å²) in [7, 11) is 0. The van der Waals surface area contributed by atoms with E-state index in [1.165, 1.54) is 4.90 Å². The first-order chi connectivity index (χ1) is 20.7. The largest absolute Gasteiger partial charge is 0.492 e. The van der Waals surface area contributed by atoms with Gasteiger partial charge in [-0.3, -0.25) is 9.80 Å². The number of rotatable bonds is 9. The molecule has 4 aromatic rings. The number of hydrogen-bond donors (Lipinski definition) is 2. The summed E-state index contributed by atoms with van der Waals surface area (Å²) in [6.45, 7) is 10.2. The second kappa shape index (κ2) is 13.0. The van der Waals surface area contributed by atoms with E-state index in [-0.39, 0.29) is 0 Å². The van der Waals surface area contributed by atoms with Crippen LogP contribution < -0.4 is 19.7 Å². The van der Waals surface area contributed by atoms with Crippen LogP contribution in [0.15, 0.2) is 66.9 Å². The first kappa shape index (κ1) is 29.6. The number of fused-ring (bicyclic) bond motifs is 1. The van der Waals surface area contributed by atoms with E-state index in [0.29, 0.717) is 46.9 Å². The normalized spacial score (nSPS) is 13.7. The molecule has 43 heavy (non-hydrogen) atoms. The minimum Gasteiger partial charge on any atom is -0.492 e. The molecule has 0 radical (unpaired) electrons. The maximum Gasteiger partial charge on any atom is 0.412 e. The quantitative estimate of drug-likeness (QED) is 0.225. The summed E-state index contributed by atoms with van der Waals surface area (Å²) < 4.78 is 17.6. The Hall–Kier alpha value is -4.85. The Morgan fingerprint density at radius 3 is 2.60 bits per heavy atom. The summed E-state index contributed by atoms with van der Waals surface area (Å²) in [6, 6.07) is 18.2. The number of carboxylic acid groups (broad SMARTS) is 1. The molecule has 0 unspecified atom stereocenters. The first-order valence-corrected chi connectivity index (χ1v) is 14.1. The van der Waals surface area contributed by atoms with Gasteiger partial charge in [0.2, 0.25) is 11.8 Å². The van der Waals surface area contributed by atoms with Gasteiger partial charge in [-0.2, -0.15) is 4.98 Å². The number of nitrogens with one attached hydrogen (secondary N) is 1. The average Bonchev–Trinajstić information content (AvgIpc) is 2.98. The lowest BCUT2D eigenvalue weighted by atomic mass is 10.0. The summed E-state index contributed by atoms with van der Waals surface area (Å²) >= 11 is 0. The van der Waals surface area contributed by atoms with Gasteiger partial charge >= 0.3 is 6.09 Å². The maximum atomic E-state index is 12.2. The third kappa shape index (κ3) is 7.33. The maximum absolute atomic E-state index is 12.2. The van der Waals surface area contributed by atoms with Crippen LogP contribution in [0.25, 0.3) is 10.8 Å². The van der Waals surface area contributed by atoms with Crippen LogP contribution >= 0.6 is 0 Å². The molecule has 0 bridgehead atoms. The predicted molar refractivity (Wildman–Crippen MR) is 167 cm³/mol. The van der Waals surface area contributed by atoms with Crippen molar-refractivity contribution in [2.45, 2.75) is 26.3 Å². The molecule has 10 heteroatoms. The van der Waals surface area contributed by atoms with Crippen LogP contribution in [0.4, 0.5) is 22.1 Å². The molecule has 5 rings (SSSR count). The molecule has 2 heterocycles. The Morgan fingerprint density at radius 2 is 1.88 bits per heavy atom. The molecule has 0 aliphatic carbocycles. The molecule has 1 aliphatic rings. The number of terminal acetylenes is 1. The summed E-state index contributed by atoms with van der Waals surface area (Å²) in [4.78, 5) is 24.7. The van der Waals surface area contributed by atoms with Gasteiger partial charge < -0.3 is 24.6 Å². The fourth-order valence-corrected chi connectivity index (χ4v) is 4.95. The molecule has 1 aromatic heterocycles. The lowest BCUT2D eigenvalue weighted by molar-refractivity contribution is 0.0322. The van der Waals surface area contributed by atoms with Crippen LogP contribution in [0, 0.1) is 12.3 Å². The van der Waals surface area contributed by atoms with E-state index < -0.39 is 11.6 Å². The smallest absolute Gasteiger partial charge is 0.412 e. The van der Waals surface area contributed by atoms with E-state index in [1.807, 2.05) is 63.2 Å². The summed E-state index contributed by atoms with van der Waals surface area (Å²) in [6.07, 6.45) is 6.27. The van der Waals surface area contributed by atoms with Crippen molar-refractivity contribution in [3.05, 3.63) is 72.4 Å². The monoisotopic (exact) mass is 581 g/mol. The number of amides is 1. The molecule has 3 aromatic carbocycles. The number of aromatic nitrogens is 2. The van der Waals surface area contributed by atoms with Crippen LogP contribution in [0.5, 0.6) is 17.4 Å². The van der Waals surface area contributed by atoms with Crippen molar-refractivity contribution >= 4 is 34.2 Å². The second-order valence-corrected chi connectivity index (χ2v) is 11.1. The van der Waals surface area contributed by atoms with Gasteiger partial charge in [-0.15, -0.1) is 6.42 Å². The summed E-state index contributed by atoms with van der Waals surface area (Å²) in [5, 5.41) is 14.7. The molecule has 1 aliphatic heterocycles. The molecule has 1 fully saturated rings. The van der Waals surface area contributed by atoms with Gasteiger partial charge in [0.15, 0.2) is 0 Å². The number of benzene rings is 3. The van der Waals surface area contributed by atoms with Crippen molar-refractivity contribution in [3.8, 4) is 29.7 Å². The molecule has 222 valence electrons. The molecular formula is C33H35N5O5. The van der Waals surface area contributed by atoms with Gasteiger partial charge in [-0.05, 0) is 45.0 Å². The predicted octanol–water partition coefficient (Wildman–Crippen LogP) is 6.14. The van der Waals surface area contributed by atoms with Crippen LogP contribution in [0.2, 0.25) is 0 Å². The van der Waals surface area contributed by atoms with Crippen LogP contribution in [-0.2, 0) is 4.74 Å². The summed E-state index contributed by atoms with van der Waals surface area (Å²) in [5.74, 6) is 4.49. The van der Waals surface area contributed by atoms with Crippen molar-refractivity contribution in [3.63, 3.8) is 0 Å². The van der Waals surface area contributed by atoms with Crippen molar-refractivity contribution < 1.29 is 24.1 Å². The van der Waals surface area contributed by atoms with E-state index in [4.69, 9.17) is 20.6 Å². The van der Waals surface area contributed by atoms with Crippen molar-refractivity contribution in [1.29, 1.82) is 0 Å². The fraction of sp³-hybridized carbons (Fsp3) is 0.303. The highest BCUT2D eigenvalue weighted by atomic mass is 16.5. The number of morpholine rings is 1. The Kier molecular flexibility index (Phi) is 8.95. The average molecular weight is 582 g/mol. The Morgan fingerprint density at radius 1 is 1.12 bits per heavy atom. The van der Waals surface area contributed by atoms with E-state index in [2.05, 4.69) is 26.1 Å². The topological polar surface area (TPSA) is 109 Å². The second-order valence-electron chi connectivity index (χ2n) is 11.1. The number of ether oxygens (including phenoxy) is 3. The number of carbonyl (C=O) groups is 1. The number of hydrogen-bond acceptors (Lipinski definition) is 8. The minimum atomic E-state index is -1.03. The molecule has 0 saturated carbocycles. The lowest BCUT2D eigenvalue weighted by Crippen LogP contribution is -2.45. The molecule has 1 saturated heterocycles. The third-order valence-corrected chi connectivity index (χ3v) is 6.92. The molecular weight excluding hydrogens is 546 g/mol. The van der Waals surface area contributed by atoms with Gasteiger partial charge in [0.05, 0.1) is 18.9 Å². The van der Waals surface area contributed by atoms with Crippen molar-refractivity contribution in [2.75, 3.05) is 49.7 Å². The van der Waals surface area contributed by atoms with E-state index in [0.717, 1.165) is 43.6 Å². The number of anilines is 3. The Balaban J connectivity index is 1.34. The van der Waals surface area contributed by atoms with E-state index in [9.17, 15) is 9.90 Å². The highest BCUT2D eigenvalue weighted by Crippen LogP contribution is 2.38. The van der Waals surface area contributed by atoms with Crippen LogP contribution in [0.1, 0.15) is 26.3 Å². The highest BCUT2D eigenvalue weighted by molar-refractivity contribution is 6.04. The van der Waals surface area contributed by atoms with Crippen LogP contribution in [0.3, 0.4) is 0 Å². The fourth-order valence-electron chi connectivity index (χ4n) is 4.95. The Bertz CT molecular complexity index is 1640. The molecule has 2 N–H and O–H groups in total. The summed E-state index contributed by atoms with van der Waals surface area (Å²) in [5.41, 5.74) is 1.27. The lowest BCUT2D eigenvalue weighted by Gasteiger charge is -2.34. The zero-order valence-corrected chi connectivity index (χ0v) is 24.5. The zero-order chi connectivity index (χ0) is 30.4. The van der Waals surface area contributed by atoms with Crippen molar-refractivity contribution in [2.24, 2.45) is 0 Å². The Labute approximate surface area is 251 Å². The van der Waals surface area contributed by atoms with Gasteiger partial charge in [-0.25, -0.2) is 9.78 Å². The van der Waals surface area contributed by atoms with Gasteiger partial charge in [0, 0.05) is 65.5 Å². The first-order valence-electron chi connectivity index (χ1n) is 14.1. The molecule has 1 amide bonds. The standard InChI is InChI=1S/C33H35N5O5/c1-5-23-20-24(22-25(21-23)42-19-16-37-14-17-41-18-15-37)35-31-34-13-12-30(36-31)43-29-11-10-28(26-8-6-7-9-27(26)29)38(32(39)40)33(2,3)4/h1,6-13,20-22H,14-19H2,2-4H3,(H,39,40)(H,34,35,36). The van der Waals surface area contributed by atoms with Gasteiger partial charge in [0.25, 0.3) is 0 Å². The third-order valence-electron chi connectivity index (χ3n) is 6.92. The SMILES string of the molecule is C#Cc1cc(Nc2nccc(Oc3ccc(N(C(=O)O)C(C)(C)C)c4ccccc34)n2)cc(OCCN2CCOCC2)c1. The molecule has 10 nitrogen and oxygen atoms in total. The molecule has 0 spiro atoms. The van der Waals surface area contributed by atoms with E-state index in [1.54, 1.807) is 24.4 Å². The molecule has 0 atom stereocenters.